The number of rotatable bonds is 6. The van der Waals surface area contributed by atoms with Crippen molar-refractivity contribution in [2.45, 2.75) is 58.4 Å². The van der Waals surface area contributed by atoms with Gasteiger partial charge in [0.15, 0.2) is 0 Å². The zero-order valence-corrected chi connectivity index (χ0v) is 17.8. The monoisotopic (exact) mass is 392 g/mol. The lowest BCUT2D eigenvalue weighted by Crippen LogP contribution is -2.65. The quantitative estimate of drug-likeness (QED) is 0.808. The molecule has 150 valence electrons. The normalized spacial score (nSPS) is 29.1. The summed E-state index contributed by atoms with van der Waals surface area (Å²) in [7, 11) is -3.66. The van der Waals surface area contributed by atoms with Gasteiger partial charge >= 0.3 is 0 Å². The van der Waals surface area contributed by atoms with Gasteiger partial charge in [-0.3, -0.25) is 4.79 Å². The van der Waals surface area contributed by atoms with Crippen molar-refractivity contribution < 1.29 is 13.2 Å². The van der Waals surface area contributed by atoms with Crippen molar-refractivity contribution >= 4 is 15.9 Å². The van der Waals surface area contributed by atoms with Crippen LogP contribution in [0.15, 0.2) is 29.2 Å². The maximum atomic E-state index is 13.1. The molecule has 4 rings (SSSR count). The van der Waals surface area contributed by atoms with Gasteiger partial charge in [0.25, 0.3) is 0 Å². The minimum Gasteiger partial charge on any atom is -0.343 e. The van der Waals surface area contributed by atoms with Gasteiger partial charge in [0, 0.05) is 19.1 Å². The maximum absolute atomic E-state index is 13.1. The van der Waals surface area contributed by atoms with Crippen LogP contribution in [0.4, 0.5) is 0 Å². The van der Waals surface area contributed by atoms with E-state index in [0.29, 0.717) is 19.0 Å². The third-order valence-corrected chi connectivity index (χ3v) is 8.44. The van der Waals surface area contributed by atoms with Crippen LogP contribution in [0.2, 0.25) is 0 Å². The van der Waals surface area contributed by atoms with E-state index in [1.54, 1.807) is 24.3 Å². The van der Waals surface area contributed by atoms with Gasteiger partial charge in [-0.15, -0.1) is 0 Å². The van der Waals surface area contributed by atoms with Crippen molar-refractivity contribution in [3.8, 4) is 0 Å². The number of amides is 1. The molecule has 3 fully saturated rings. The smallest absolute Gasteiger partial charge is 0.240 e. The van der Waals surface area contributed by atoms with Crippen LogP contribution in [-0.4, -0.2) is 38.4 Å². The van der Waals surface area contributed by atoms with E-state index in [0.717, 1.165) is 18.4 Å². The van der Waals surface area contributed by atoms with E-state index in [9.17, 15) is 13.2 Å². The second kappa shape index (κ2) is 7.21. The molecule has 3 aliphatic carbocycles. The van der Waals surface area contributed by atoms with Crippen molar-refractivity contribution in [1.29, 1.82) is 0 Å². The van der Waals surface area contributed by atoms with Gasteiger partial charge in [-0.1, -0.05) is 31.5 Å². The Bertz CT molecular complexity index is 797. The van der Waals surface area contributed by atoms with Crippen molar-refractivity contribution in [2.75, 3.05) is 13.1 Å². The first-order valence-corrected chi connectivity index (χ1v) is 11.5. The predicted octanol–water partition coefficient (Wildman–Crippen LogP) is 3.19. The first-order chi connectivity index (χ1) is 12.6. The zero-order chi connectivity index (χ0) is 20.0. The van der Waals surface area contributed by atoms with E-state index in [1.807, 2.05) is 25.7 Å². The minimum absolute atomic E-state index is 0.0699. The molecule has 1 aromatic carbocycles. The Kier molecular flexibility index (Phi) is 5.43. The molecule has 1 amide bonds. The average molecular weight is 393 g/mol. The van der Waals surface area contributed by atoms with E-state index in [1.165, 1.54) is 0 Å². The van der Waals surface area contributed by atoms with Crippen LogP contribution >= 0.6 is 0 Å². The lowest BCUT2D eigenvalue weighted by Gasteiger charge is -2.62. The highest BCUT2D eigenvalue weighted by atomic mass is 32.2. The average Bonchev–Trinajstić information content (AvgIpc) is 2.62. The standard InChI is InChI=1S/C21H32N2O3S/c1-6-23(7-2)20(24)17-12-15-13-18(21(15,4)5)19(17)22-27(25,26)16-10-8-14(3)9-11-16/h8-11,15,17-19,22H,6-7,12-13H2,1-5H3/t15-,17-,18-,19-/m0/s1. The number of hydrogen-bond acceptors (Lipinski definition) is 3. The molecule has 4 atom stereocenters. The fourth-order valence-corrected chi connectivity index (χ4v) is 6.27. The fraction of sp³-hybridized carbons (Fsp3) is 0.667. The van der Waals surface area contributed by atoms with Gasteiger partial charge in [0.2, 0.25) is 15.9 Å². The number of sulfonamides is 1. The Morgan fingerprint density at radius 1 is 1.15 bits per heavy atom. The molecule has 2 bridgehead atoms. The number of carbonyl (C=O) groups is 1. The molecule has 3 saturated carbocycles. The number of fused-ring (bicyclic) bond motifs is 2. The van der Waals surface area contributed by atoms with E-state index >= 15 is 0 Å². The summed E-state index contributed by atoms with van der Waals surface area (Å²) in [5.74, 6) is 0.497. The molecule has 0 saturated heterocycles. The highest BCUT2D eigenvalue weighted by molar-refractivity contribution is 7.89. The number of nitrogens with one attached hydrogen (secondary N) is 1. The van der Waals surface area contributed by atoms with E-state index in [2.05, 4.69) is 18.6 Å². The van der Waals surface area contributed by atoms with E-state index in [4.69, 9.17) is 0 Å². The molecule has 6 heteroatoms. The summed E-state index contributed by atoms with van der Waals surface area (Å²) in [4.78, 5) is 15.2. The predicted molar refractivity (Wildman–Crippen MR) is 107 cm³/mol. The number of nitrogens with zero attached hydrogens (tertiary/aromatic N) is 1. The van der Waals surface area contributed by atoms with Crippen LogP contribution in [-0.2, 0) is 14.8 Å². The second-order valence-electron chi connectivity index (χ2n) is 8.67. The number of carbonyl (C=O) groups excluding carboxylic acids is 1. The van der Waals surface area contributed by atoms with Gasteiger partial charge in [-0.25, -0.2) is 13.1 Å². The molecule has 1 N–H and O–H groups in total. The van der Waals surface area contributed by atoms with Crippen molar-refractivity contribution in [2.24, 2.45) is 23.2 Å². The second-order valence-corrected chi connectivity index (χ2v) is 10.4. The van der Waals surface area contributed by atoms with Crippen molar-refractivity contribution in [3.05, 3.63) is 29.8 Å². The first kappa shape index (κ1) is 20.3. The summed E-state index contributed by atoms with van der Waals surface area (Å²) in [5, 5.41) is 0. The van der Waals surface area contributed by atoms with Gasteiger partial charge in [-0.05, 0) is 63.0 Å². The fourth-order valence-electron chi connectivity index (χ4n) is 4.95. The summed E-state index contributed by atoms with van der Waals surface area (Å²) in [5.41, 5.74) is 1.09. The Labute approximate surface area is 163 Å². The van der Waals surface area contributed by atoms with Crippen LogP contribution in [0.5, 0.6) is 0 Å². The molecule has 0 spiro atoms. The molecule has 1 aromatic rings. The molecule has 0 radical (unpaired) electrons. The zero-order valence-electron chi connectivity index (χ0n) is 17.0. The Hall–Kier alpha value is -1.40. The third kappa shape index (κ3) is 3.54. The highest BCUT2D eigenvalue weighted by Crippen LogP contribution is 2.61. The molecule has 0 aromatic heterocycles. The van der Waals surface area contributed by atoms with E-state index < -0.39 is 10.0 Å². The Morgan fingerprint density at radius 3 is 2.26 bits per heavy atom. The summed E-state index contributed by atoms with van der Waals surface area (Å²) in [6.07, 6.45) is 1.76. The molecule has 0 aliphatic heterocycles. The molecule has 5 nitrogen and oxygen atoms in total. The molecular weight excluding hydrogens is 360 g/mol. The van der Waals surface area contributed by atoms with Gasteiger partial charge < -0.3 is 4.90 Å². The summed E-state index contributed by atoms with van der Waals surface area (Å²) < 4.78 is 29.0. The van der Waals surface area contributed by atoms with Crippen LogP contribution in [0.25, 0.3) is 0 Å². The number of benzene rings is 1. The Morgan fingerprint density at radius 2 is 1.74 bits per heavy atom. The highest BCUT2D eigenvalue weighted by Gasteiger charge is 2.60. The van der Waals surface area contributed by atoms with Gasteiger partial charge in [0.1, 0.15) is 0 Å². The number of hydrogen-bond donors (Lipinski definition) is 1. The first-order valence-electron chi connectivity index (χ1n) is 9.99. The van der Waals surface area contributed by atoms with Gasteiger partial charge in [0.05, 0.1) is 10.8 Å². The summed E-state index contributed by atoms with van der Waals surface area (Å²) in [6.45, 7) is 11.6. The third-order valence-electron chi connectivity index (χ3n) is 6.97. The van der Waals surface area contributed by atoms with Crippen molar-refractivity contribution in [1.82, 2.24) is 9.62 Å². The summed E-state index contributed by atoms with van der Waals surface area (Å²) in [6, 6.07) is 6.53. The summed E-state index contributed by atoms with van der Waals surface area (Å²) >= 11 is 0. The van der Waals surface area contributed by atoms with Crippen LogP contribution in [0.3, 0.4) is 0 Å². The molecule has 3 aliphatic rings. The largest absolute Gasteiger partial charge is 0.343 e. The van der Waals surface area contributed by atoms with E-state index in [-0.39, 0.29) is 34.1 Å². The SMILES string of the molecule is CCN(CC)C(=O)[C@H]1C[C@H]2C[C@@H]([C@H]1NS(=O)(=O)c1ccc(C)cc1)C2(C)C. The molecule has 0 unspecified atom stereocenters. The van der Waals surface area contributed by atoms with Crippen LogP contribution in [0.1, 0.15) is 46.1 Å². The van der Waals surface area contributed by atoms with Crippen LogP contribution < -0.4 is 4.72 Å². The molecule has 27 heavy (non-hydrogen) atoms. The lowest BCUT2D eigenvalue weighted by atomic mass is 9.45. The topological polar surface area (TPSA) is 66.5 Å². The number of aryl methyl sites for hydroxylation is 1. The van der Waals surface area contributed by atoms with Crippen molar-refractivity contribution in [3.63, 3.8) is 0 Å². The minimum atomic E-state index is -3.66. The Balaban J connectivity index is 1.90. The molecule has 0 heterocycles. The lowest BCUT2D eigenvalue weighted by molar-refractivity contribution is -0.154. The van der Waals surface area contributed by atoms with Gasteiger partial charge in [-0.2, -0.15) is 0 Å². The molecular formula is C21H32N2O3S. The maximum Gasteiger partial charge on any atom is 0.240 e. The van der Waals surface area contributed by atoms with Crippen LogP contribution in [0, 0.1) is 30.1 Å².